The first-order chi connectivity index (χ1) is 16.7. The molecule has 0 aromatic carbocycles. The number of anilines is 1. The minimum Gasteiger partial charge on any atom is -0.305 e. The Morgan fingerprint density at radius 3 is 2.80 bits per heavy atom. The largest absolute Gasteiger partial charge is 0.305 e. The number of hydrogen-bond donors (Lipinski definition) is 1. The van der Waals surface area contributed by atoms with Gasteiger partial charge in [-0.3, -0.25) is 9.78 Å². The monoisotopic (exact) mass is 495 g/mol. The minimum absolute atomic E-state index is 0.0966. The molecule has 11 heteroatoms. The predicted molar refractivity (Wildman–Crippen MR) is 131 cm³/mol. The van der Waals surface area contributed by atoms with Gasteiger partial charge in [0.2, 0.25) is 10.0 Å². The molecule has 10 nitrogen and oxygen atoms in total. The van der Waals surface area contributed by atoms with Crippen molar-refractivity contribution < 1.29 is 13.2 Å². The van der Waals surface area contributed by atoms with E-state index in [2.05, 4.69) is 43.9 Å². The summed E-state index contributed by atoms with van der Waals surface area (Å²) in [4.78, 5) is 21.9. The van der Waals surface area contributed by atoms with Crippen molar-refractivity contribution in [3.63, 3.8) is 0 Å². The Kier molecular flexibility index (Phi) is 5.92. The van der Waals surface area contributed by atoms with E-state index in [1.807, 2.05) is 19.1 Å². The zero-order chi connectivity index (χ0) is 24.8. The number of carbonyl (C=O) groups excluding carboxylic acids is 1. The van der Waals surface area contributed by atoms with Crippen LogP contribution in [-0.4, -0.2) is 55.7 Å². The summed E-state index contributed by atoms with van der Waals surface area (Å²) in [5, 5.41) is 11.5. The van der Waals surface area contributed by atoms with Gasteiger partial charge in [0.05, 0.1) is 5.75 Å². The van der Waals surface area contributed by atoms with Gasteiger partial charge in [0.25, 0.3) is 5.91 Å². The third-order valence-electron chi connectivity index (χ3n) is 6.66. The van der Waals surface area contributed by atoms with Crippen molar-refractivity contribution in [1.29, 1.82) is 0 Å². The molecule has 0 fully saturated rings. The van der Waals surface area contributed by atoms with Crippen LogP contribution in [0.25, 0.3) is 11.5 Å². The van der Waals surface area contributed by atoms with E-state index in [4.69, 9.17) is 0 Å². The fourth-order valence-corrected chi connectivity index (χ4v) is 6.26. The average molecular weight is 496 g/mol. The highest BCUT2D eigenvalue weighted by Crippen LogP contribution is 2.35. The van der Waals surface area contributed by atoms with Gasteiger partial charge in [0, 0.05) is 31.2 Å². The second kappa shape index (κ2) is 8.80. The number of nitrogens with one attached hydrogen (secondary N) is 1. The molecule has 0 radical (unpaired) electrons. The van der Waals surface area contributed by atoms with Crippen LogP contribution in [0.5, 0.6) is 0 Å². The summed E-state index contributed by atoms with van der Waals surface area (Å²) >= 11 is 0. The molecule has 5 heterocycles. The maximum Gasteiger partial charge on any atom is 0.275 e. The highest BCUT2D eigenvalue weighted by molar-refractivity contribution is 7.89. The first-order valence-corrected chi connectivity index (χ1v) is 13.5. The number of hydrogen-bond acceptors (Lipinski definition) is 7. The molecular weight excluding hydrogens is 466 g/mol. The summed E-state index contributed by atoms with van der Waals surface area (Å²) in [6.07, 6.45) is 4.67. The molecule has 2 aliphatic heterocycles. The molecule has 3 aromatic rings. The second-order valence-corrected chi connectivity index (χ2v) is 11.8. The topological polar surface area (TPSA) is 123 Å². The number of aromatic nitrogens is 5. The maximum absolute atomic E-state index is 13.0. The van der Waals surface area contributed by atoms with Crippen LogP contribution in [0.15, 0.2) is 30.5 Å². The van der Waals surface area contributed by atoms with Crippen molar-refractivity contribution in [3.8, 4) is 11.5 Å². The Morgan fingerprint density at radius 2 is 2.00 bits per heavy atom. The first-order valence-electron chi connectivity index (χ1n) is 11.9. The summed E-state index contributed by atoms with van der Waals surface area (Å²) in [6, 6.07) is 7.06. The molecule has 0 saturated heterocycles. The Labute approximate surface area is 204 Å². The molecule has 0 spiro atoms. The van der Waals surface area contributed by atoms with Crippen LogP contribution in [0.4, 0.5) is 5.82 Å². The standard InChI is InChI=1S/C24H29N7O3S/c1-4-12-35(33,34)30-11-9-16-14-25-19(13-17(16)15-30)23(32)27-20-7-5-6-18(26-20)22-29-28-21-8-10-24(2,3)31(21)22/h5-7,13-14H,4,8-12,15H2,1-3H3,(H,26,27,32). The quantitative estimate of drug-likeness (QED) is 0.558. The summed E-state index contributed by atoms with van der Waals surface area (Å²) in [5.74, 6) is 1.72. The molecule has 0 saturated carbocycles. The van der Waals surface area contributed by atoms with Crippen LogP contribution in [-0.2, 0) is 34.9 Å². The van der Waals surface area contributed by atoms with Gasteiger partial charge in [0.15, 0.2) is 5.82 Å². The van der Waals surface area contributed by atoms with Gasteiger partial charge >= 0.3 is 0 Å². The predicted octanol–water partition coefficient (Wildman–Crippen LogP) is 2.77. The highest BCUT2D eigenvalue weighted by atomic mass is 32.2. The molecule has 3 aromatic heterocycles. The molecule has 5 rings (SSSR count). The fraction of sp³-hybridized carbons (Fsp3) is 0.458. The summed E-state index contributed by atoms with van der Waals surface area (Å²) in [5.41, 5.74) is 2.52. The third kappa shape index (κ3) is 4.45. The Bertz CT molecular complexity index is 1400. The molecule has 35 heavy (non-hydrogen) atoms. The normalized spacial score (nSPS) is 17.1. The molecule has 0 unspecified atom stereocenters. The van der Waals surface area contributed by atoms with Gasteiger partial charge < -0.3 is 9.88 Å². The minimum atomic E-state index is -3.31. The Hall–Kier alpha value is -3.18. The van der Waals surface area contributed by atoms with E-state index < -0.39 is 15.9 Å². The highest BCUT2D eigenvalue weighted by Gasteiger charge is 2.34. The molecule has 0 bridgehead atoms. The Balaban J connectivity index is 1.36. The molecule has 1 N–H and O–H groups in total. The zero-order valence-corrected chi connectivity index (χ0v) is 21.0. The number of amides is 1. The summed E-state index contributed by atoms with van der Waals surface area (Å²) < 4.78 is 28.6. The van der Waals surface area contributed by atoms with Crippen LogP contribution in [0.2, 0.25) is 0 Å². The summed E-state index contributed by atoms with van der Waals surface area (Å²) in [6.45, 7) is 6.84. The molecule has 2 aliphatic rings. The molecule has 0 atom stereocenters. The van der Waals surface area contributed by atoms with Crippen LogP contribution in [0.1, 0.15) is 61.1 Å². The van der Waals surface area contributed by atoms with Crippen LogP contribution < -0.4 is 5.32 Å². The van der Waals surface area contributed by atoms with Crippen molar-refractivity contribution in [2.45, 2.75) is 58.5 Å². The molecular formula is C24H29N7O3S. The van der Waals surface area contributed by atoms with Gasteiger partial charge in [-0.25, -0.2) is 13.4 Å². The zero-order valence-electron chi connectivity index (χ0n) is 20.2. The lowest BCUT2D eigenvalue weighted by atomic mass is 10.0. The SMILES string of the molecule is CCCS(=O)(=O)N1CCc2cnc(C(=O)Nc3cccc(-c4nnc5n4C(C)(C)CC5)n3)cc2C1. The van der Waals surface area contributed by atoms with Crippen LogP contribution in [0, 0.1) is 0 Å². The van der Waals surface area contributed by atoms with Gasteiger partial charge in [-0.1, -0.05) is 13.0 Å². The molecule has 184 valence electrons. The van der Waals surface area contributed by atoms with Crippen molar-refractivity contribution in [2.24, 2.45) is 0 Å². The van der Waals surface area contributed by atoms with Crippen LogP contribution >= 0.6 is 0 Å². The van der Waals surface area contributed by atoms with E-state index in [0.717, 1.165) is 29.8 Å². The van der Waals surface area contributed by atoms with Gasteiger partial charge in [0.1, 0.15) is 23.0 Å². The van der Waals surface area contributed by atoms with Crippen LogP contribution in [0.3, 0.4) is 0 Å². The van der Waals surface area contributed by atoms with Gasteiger partial charge in [-0.2, -0.15) is 4.31 Å². The van der Waals surface area contributed by atoms with Crippen molar-refractivity contribution in [1.82, 2.24) is 29.0 Å². The number of nitrogens with zero attached hydrogens (tertiary/aromatic N) is 6. The van der Waals surface area contributed by atoms with Gasteiger partial charge in [-0.15, -0.1) is 10.2 Å². The number of pyridine rings is 2. The van der Waals surface area contributed by atoms with Crippen molar-refractivity contribution >= 4 is 21.7 Å². The lowest BCUT2D eigenvalue weighted by Gasteiger charge is -2.28. The summed E-state index contributed by atoms with van der Waals surface area (Å²) in [7, 11) is -3.31. The average Bonchev–Trinajstić information content (AvgIpc) is 3.39. The number of sulfonamides is 1. The number of fused-ring (bicyclic) bond motifs is 2. The second-order valence-electron chi connectivity index (χ2n) is 9.69. The number of aryl methyl sites for hydroxylation is 1. The first kappa shape index (κ1) is 23.6. The smallest absolute Gasteiger partial charge is 0.275 e. The van der Waals surface area contributed by atoms with E-state index in [1.54, 1.807) is 18.3 Å². The fourth-order valence-electron chi connectivity index (χ4n) is 4.78. The lowest BCUT2D eigenvalue weighted by molar-refractivity contribution is 0.102. The van der Waals surface area contributed by atoms with E-state index in [1.165, 1.54) is 4.31 Å². The van der Waals surface area contributed by atoms with Crippen molar-refractivity contribution in [3.05, 3.63) is 53.1 Å². The molecule has 0 aliphatic carbocycles. The Morgan fingerprint density at radius 1 is 1.17 bits per heavy atom. The van der Waals surface area contributed by atoms with E-state index >= 15 is 0 Å². The van der Waals surface area contributed by atoms with E-state index in [0.29, 0.717) is 36.7 Å². The third-order valence-corrected chi connectivity index (χ3v) is 8.69. The number of carbonyl (C=O) groups is 1. The lowest BCUT2D eigenvalue weighted by Crippen LogP contribution is -2.37. The molecule has 1 amide bonds. The van der Waals surface area contributed by atoms with Crippen molar-refractivity contribution in [2.75, 3.05) is 17.6 Å². The maximum atomic E-state index is 13.0. The number of rotatable bonds is 6. The van der Waals surface area contributed by atoms with E-state index in [-0.39, 0.29) is 23.5 Å². The van der Waals surface area contributed by atoms with E-state index in [9.17, 15) is 13.2 Å². The van der Waals surface area contributed by atoms with Gasteiger partial charge in [-0.05, 0) is 62.4 Å².